The van der Waals surface area contributed by atoms with Crippen molar-refractivity contribution < 1.29 is 14.6 Å². The second kappa shape index (κ2) is 3.56. The summed E-state index contributed by atoms with van der Waals surface area (Å²) in [4.78, 5) is 0. The van der Waals surface area contributed by atoms with E-state index in [1.165, 1.54) is 0 Å². The lowest BCUT2D eigenvalue weighted by atomic mass is 9.59. The fraction of sp³-hybridized carbons (Fsp3) is 1.00. The van der Waals surface area contributed by atoms with E-state index in [9.17, 15) is 5.11 Å². The van der Waals surface area contributed by atoms with Crippen LogP contribution in [0.1, 0.15) is 26.2 Å². The summed E-state index contributed by atoms with van der Waals surface area (Å²) in [5.74, 6) is 0. The van der Waals surface area contributed by atoms with E-state index in [2.05, 4.69) is 0 Å². The lowest BCUT2D eigenvalue weighted by Crippen LogP contribution is -2.60. The van der Waals surface area contributed by atoms with Gasteiger partial charge < -0.3 is 14.6 Å². The van der Waals surface area contributed by atoms with Crippen LogP contribution in [0.25, 0.3) is 0 Å². The number of aliphatic hydroxyl groups is 1. The van der Waals surface area contributed by atoms with Gasteiger partial charge in [0, 0.05) is 31.7 Å². The third-order valence-electron chi connectivity index (χ3n) is 3.53. The van der Waals surface area contributed by atoms with Crippen LogP contribution in [0.4, 0.5) is 0 Å². The van der Waals surface area contributed by atoms with Gasteiger partial charge in [0.2, 0.25) is 0 Å². The standard InChI is InChI=1S/C10H18O3/c1-2-13-9-7-8(11)10(9)3-5-12-6-4-10/h8-9,11H,2-7H2,1H3/t8-,9+/m1/s1. The molecule has 1 N–H and O–H groups in total. The fourth-order valence-corrected chi connectivity index (χ4v) is 2.57. The Kier molecular flexibility index (Phi) is 2.58. The molecule has 76 valence electrons. The molecule has 1 spiro atoms. The minimum Gasteiger partial charge on any atom is -0.392 e. The van der Waals surface area contributed by atoms with Crippen molar-refractivity contribution >= 4 is 0 Å². The zero-order valence-electron chi connectivity index (χ0n) is 8.16. The zero-order valence-corrected chi connectivity index (χ0v) is 8.16. The molecule has 1 saturated heterocycles. The second-order valence-electron chi connectivity index (χ2n) is 4.04. The second-order valence-corrected chi connectivity index (χ2v) is 4.04. The molecule has 3 heteroatoms. The summed E-state index contributed by atoms with van der Waals surface area (Å²) in [5.41, 5.74) is 0.0360. The maximum absolute atomic E-state index is 9.78. The first-order valence-corrected chi connectivity index (χ1v) is 5.17. The van der Waals surface area contributed by atoms with Crippen LogP contribution in [0.5, 0.6) is 0 Å². The summed E-state index contributed by atoms with van der Waals surface area (Å²) in [5, 5.41) is 9.78. The fourth-order valence-electron chi connectivity index (χ4n) is 2.57. The Bertz CT molecular complexity index is 173. The van der Waals surface area contributed by atoms with E-state index in [1.807, 2.05) is 6.92 Å². The SMILES string of the molecule is CCO[C@H]1C[C@@H](O)C12CCOCC2. The van der Waals surface area contributed by atoms with Crippen LogP contribution in [0.3, 0.4) is 0 Å². The Morgan fingerprint density at radius 3 is 2.69 bits per heavy atom. The van der Waals surface area contributed by atoms with E-state index in [-0.39, 0.29) is 17.6 Å². The summed E-state index contributed by atoms with van der Waals surface area (Å²) >= 11 is 0. The molecule has 2 fully saturated rings. The molecule has 2 aliphatic rings. The summed E-state index contributed by atoms with van der Waals surface area (Å²) in [6, 6.07) is 0. The lowest BCUT2D eigenvalue weighted by Gasteiger charge is -2.54. The number of hydrogen-bond donors (Lipinski definition) is 1. The molecule has 0 amide bonds. The highest BCUT2D eigenvalue weighted by Crippen LogP contribution is 2.50. The maximum atomic E-state index is 9.78. The van der Waals surface area contributed by atoms with Gasteiger partial charge in [-0.25, -0.2) is 0 Å². The number of rotatable bonds is 2. The Hall–Kier alpha value is -0.120. The van der Waals surface area contributed by atoms with Crippen molar-refractivity contribution in [3.63, 3.8) is 0 Å². The number of hydrogen-bond acceptors (Lipinski definition) is 3. The van der Waals surface area contributed by atoms with Crippen molar-refractivity contribution in [3.8, 4) is 0 Å². The molecular formula is C10H18O3. The highest BCUT2D eigenvalue weighted by molar-refractivity contribution is 5.04. The minimum atomic E-state index is -0.159. The van der Waals surface area contributed by atoms with Crippen LogP contribution >= 0.6 is 0 Å². The molecular weight excluding hydrogens is 168 g/mol. The average molecular weight is 186 g/mol. The van der Waals surface area contributed by atoms with Gasteiger partial charge >= 0.3 is 0 Å². The molecule has 1 saturated carbocycles. The van der Waals surface area contributed by atoms with Crippen LogP contribution in [0, 0.1) is 5.41 Å². The summed E-state index contributed by atoms with van der Waals surface area (Å²) in [6.45, 7) is 4.32. The van der Waals surface area contributed by atoms with E-state index >= 15 is 0 Å². The van der Waals surface area contributed by atoms with E-state index < -0.39 is 0 Å². The van der Waals surface area contributed by atoms with E-state index in [0.29, 0.717) is 0 Å². The molecule has 0 radical (unpaired) electrons. The molecule has 2 rings (SSSR count). The van der Waals surface area contributed by atoms with Crippen LogP contribution in [-0.4, -0.2) is 37.1 Å². The van der Waals surface area contributed by atoms with Gasteiger partial charge in [-0.15, -0.1) is 0 Å². The monoisotopic (exact) mass is 186 g/mol. The van der Waals surface area contributed by atoms with Gasteiger partial charge in [-0.3, -0.25) is 0 Å². The highest BCUT2D eigenvalue weighted by Gasteiger charge is 2.55. The summed E-state index contributed by atoms with van der Waals surface area (Å²) < 4.78 is 10.9. The molecule has 1 aliphatic heterocycles. The normalized spacial score (nSPS) is 37.4. The predicted molar refractivity (Wildman–Crippen MR) is 48.5 cm³/mol. The molecule has 0 unspecified atom stereocenters. The van der Waals surface area contributed by atoms with Crippen molar-refractivity contribution in [3.05, 3.63) is 0 Å². The molecule has 2 atom stereocenters. The third kappa shape index (κ3) is 1.39. The molecule has 0 aromatic carbocycles. The van der Waals surface area contributed by atoms with Crippen LogP contribution < -0.4 is 0 Å². The quantitative estimate of drug-likeness (QED) is 0.698. The maximum Gasteiger partial charge on any atom is 0.0682 e. The Morgan fingerprint density at radius 2 is 2.15 bits per heavy atom. The van der Waals surface area contributed by atoms with Gasteiger partial charge in [0.1, 0.15) is 0 Å². The van der Waals surface area contributed by atoms with E-state index in [1.54, 1.807) is 0 Å². The largest absolute Gasteiger partial charge is 0.392 e. The topological polar surface area (TPSA) is 38.7 Å². The van der Waals surface area contributed by atoms with Crippen molar-refractivity contribution in [1.29, 1.82) is 0 Å². The first kappa shape index (κ1) is 9.44. The molecule has 13 heavy (non-hydrogen) atoms. The minimum absolute atomic E-state index is 0.0360. The Morgan fingerprint density at radius 1 is 1.46 bits per heavy atom. The Labute approximate surface area is 79.0 Å². The van der Waals surface area contributed by atoms with Crippen molar-refractivity contribution in [1.82, 2.24) is 0 Å². The highest BCUT2D eigenvalue weighted by atomic mass is 16.5. The first-order chi connectivity index (χ1) is 6.29. The van der Waals surface area contributed by atoms with Gasteiger partial charge in [0.25, 0.3) is 0 Å². The van der Waals surface area contributed by atoms with Crippen LogP contribution in [0.2, 0.25) is 0 Å². The zero-order chi connectivity index (χ0) is 9.31. The van der Waals surface area contributed by atoms with Gasteiger partial charge in [-0.2, -0.15) is 0 Å². The molecule has 0 aromatic heterocycles. The smallest absolute Gasteiger partial charge is 0.0682 e. The average Bonchev–Trinajstić information content (AvgIpc) is 2.19. The third-order valence-corrected chi connectivity index (χ3v) is 3.53. The predicted octanol–water partition coefficient (Wildman–Crippen LogP) is 0.953. The number of aliphatic hydroxyl groups excluding tert-OH is 1. The summed E-state index contributed by atoms with van der Waals surface area (Å²) in [7, 11) is 0. The van der Waals surface area contributed by atoms with Crippen LogP contribution in [-0.2, 0) is 9.47 Å². The van der Waals surface area contributed by atoms with E-state index in [4.69, 9.17) is 9.47 Å². The van der Waals surface area contributed by atoms with Crippen LogP contribution in [0.15, 0.2) is 0 Å². The van der Waals surface area contributed by atoms with Crippen molar-refractivity contribution in [2.24, 2.45) is 5.41 Å². The van der Waals surface area contributed by atoms with Crippen molar-refractivity contribution in [2.45, 2.75) is 38.4 Å². The van der Waals surface area contributed by atoms with Crippen molar-refractivity contribution in [2.75, 3.05) is 19.8 Å². The van der Waals surface area contributed by atoms with Gasteiger partial charge in [0.15, 0.2) is 0 Å². The Balaban J connectivity index is 1.99. The van der Waals surface area contributed by atoms with E-state index in [0.717, 1.165) is 39.1 Å². The molecule has 1 aliphatic carbocycles. The lowest BCUT2D eigenvalue weighted by molar-refractivity contribution is -0.220. The van der Waals surface area contributed by atoms with Gasteiger partial charge in [0.05, 0.1) is 12.2 Å². The van der Waals surface area contributed by atoms with Gasteiger partial charge in [-0.05, 0) is 19.8 Å². The number of ether oxygens (including phenoxy) is 2. The first-order valence-electron chi connectivity index (χ1n) is 5.17. The molecule has 1 heterocycles. The molecule has 3 nitrogen and oxygen atoms in total. The van der Waals surface area contributed by atoms with Gasteiger partial charge in [-0.1, -0.05) is 0 Å². The molecule has 0 aromatic rings. The summed E-state index contributed by atoms with van der Waals surface area (Å²) in [6.07, 6.45) is 2.84. The molecule has 0 bridgehead atoms.